The van der Waals surface area contributed by atoms with E-state index in [4.69, 9.17) is 5.26 Å². The molecule has 0 radical (unpaired) electrons. The highest BCUT2D eigenvalue weighted by molar-refractivity contribution is 8.45. The van der Waals surface area contributed by atoms with E-state index >= 15 is 0 Å². The van der Waals surface area contributed by atoms with E-state index in [1.165, 1.54) is 6.92 Å². The molecule has 0 aliphatic rings. The summed E-state index contributed by atoms with van der Waals surface area (Å²) in [4.78, 5) is 0.733. The molecule has 0 amide bonds. The Bertz CT molecular complexity index is 569. The number of hydrogen-bond acceptors (Lipinski definition) is 2. The van der Waals surface area contributed by atoms with Gasteiger partial charge in [-0.25, -0.2) is 4.39 Å². The van der Waals surface area contributed by atoms with Gasteiger partial charge in [-0.15, -0.1) is 0 Å². The second-order valence-corrected chi connectivity index (χ2v) is 5.65. The quantitative estimate of drug-likeness (QED) is 0.552. The molecule has 2 nitrogen and oxygen atoms in total. The molecule has 0 aliphatic carbocycles. The minimum absolute atomic E-state index is 0.0385. The average molecular weight is 288 g/mol. The van der Waals surface area contributed by atoms with Crippen molar-refractivity contribution in [3.05, 3.63) is 23.5 Å². The lowest BCUT2D eigenvalue weighted by Crippen LogP contribution is -2.09. The molecule has 0 aromatic heterocycles. The Hall–Kier alpha value is -1.69. The van der Waals surface area contributed by atoms with Crippen LogP contribution in [0.2, 0.25) is 0 Å². The lowest BCUT2D eigenvalue weighted by molar-refractivity contribution is 0.362. The van der Waals surface area contributed by atoms with Crippen LogP contribution in [0.25, 0.3) is 0 Å². The highest BCUT2D eigenvalue weighted by Gasteiger charge is 2.67. The van der Waals surface area contributed by atoms with Crippen LogP contribution in [0.1, 0.15) is 12.5 Å². The van der Waals surface area contributed by atoms with Crippen molar-refractivity contribution >= 4 is 22.1 Å². The van der Waals surface area contributed by atoms with E-state index in [1.807, 2.05) is 0 Å². The number of nitrogens with zero attached hydrogens (tertiary/aromatic N) is 2. The largest absolute Gasteiger partial charge is 0.311 e. The number of nitriles is 1. The standard InChI is InChI=1S/C9H6F6N2S/c1-2-17-6-3-8(10)7(5-16)9(4-6)18(11,12,13,14)15/h2-4H,1H3. The Balaban J connectivity index is 3.79. The van der Waals surface area contributed by atoms with Crippen molar-refractivity contribution in [3.63, 3.8) is 0 Å². The van der Waals surface area contributed by atoms with Crippen molar-refractivity contribution in [2.75, 3.05) is 0 Å². The van der Waals surface area contributed by atoms with Gasteiger partial charge in [-0.2, -0.15) is 5.26 Å². The second-order valence-electron chi connectivity index (χ2n) is 3.27. The molecule has 100 valence electrons. The Kier molecular flexibility index (Phi) is 2.72. The lowest BCUT2D eigenvalue weighted by atomic mass is 10.2. The van der Waals surface area contributed by atoms with Crippen molar-refractivity contribution in [2.24, 2.45) is 4.99 Å². The first kappa shape index (κ1) is 14.4. The minimum atomic E-state index is -10.1. The van der Waals surface area contributed by atoms with Gasteiger partial charge in [-0.05, 0) is 13.0 Å². The third kappa shape index (κ3) is 2.95. The zero-order valence-corrected chi connectivity index (χ0v) is 9.62. The first-order chi connectivity index (χ1) is 7.88. The van der Waals surface area contributed by atoms with Gasteiger partial charge < -0.3 is 0 Å². The first-order valence-electron chi connectivity index (χ1n) is 4.35. The number of halogens is 6. The normalized spacial score (nSPS) is 16.1. The number of hydrogen-bond donors (Lipinski definition) is 0. The molecule has 1 aromatic carbocycles. The van der Waals surface area contributed by atoms with Crippen LogP contribution in [0.4, 0.5) is 29.5 Å². The molecule has 0 saturated carbocycles. The molecule has 0 atom stereocenters. The van der Waals surface area contributed by atoms with Crippen molar-refractivity contribution < 1.29 is 23.8 Å². The molecule has 0 N–H and O–H groups in total. The monoisotopic (exact) mass is 288 g/mol. The summed E-state index contributed by atoms with van der Waals surface area (Å²) in [5.41, 5.74) is -2.37. The zero-order chi connectivity index (χ0) is 14.3. The zero-order valence-electron chi connectivity index (χ0n) is 8.80. The number of aliphatic imine (C=N–C) groups is 1. The van der Waals surface area contributed by atoms with Gasteiger partial charge in [0.05, 0.1) is 5.69 Å². The molecular formula is C9H6F6N2S. The maximum atomic E-state index is 13.2. The SMILES string of the molecule is CC=Nc1cc(F)c(C#N)c(S(F)(F)(F)(F)F)c1. The van der Waals surface area contributed by atoms with Crippen LogP contribution in [0.15, 0.2) is 22.0 Å². The molecule has 0 saturated heterocycles. The Morgan fingerprint density at radius 3 is 2.17 bits per heavy atom. The summed E-state index contributed by atoms with van der Waals surface area (Å²) in [5, 5.41) is 8.37. The molecule has 1 aromatic rings. The second kappa shape index (κ2) is 3.41. The first-order valence-corrected chi connectivity index (χ1v) is 6.30. The van der Waals surface area contributed by atoms with Gasteiger partial charge in [-0.1, -0.05) is 19.4 Å². The fraction of sp³-hybridized carbons (Fsp3) is 0.111. The topological polar surface area (TPSA) is 36.1 Å². The van der Waals surface area contributed by atoms with Gasteiger partial charge in [0.1, 0.15) is 22.3 Å². The highest BCUT2D eigenvalue weighted by atomic mass is 32.5. The van der Waals surface area contributed by atoms with Crippen LogP contribution < -0.4 is 0 Å². The summed E-state index contributed by atoms with van der Waals surface area (Å²) < 4.78 is 76.3. The van der Waals surface area contributed by atoms with Crippen molar-refractivity contribution in [1.29, 1.82) is 5.26 Å². The van der Waals surface area contributed by atoms with Crippen LogP contribution in [-0.4, -0.2) is 6.21 Å². The Morgan fingerprint density at radius 1 is 1.22 bits per heavy atom. The van der Waals surface area contributed by atoms with Crippen LogP contribution in [0.3, 0.4) is 0 Å². The molecule has 0 fully saturated rings. The molecule has 0 unspecified atom stereocenters. The predicted molar refractivity (Wildman–Crippen MR) is 56.3 cm³/mol. The van der Waals surface area contributed by atoms with Crippen LogP contribution in [-0.2, 0) is 0 Å². The summed E-state index contributed by atoms with van der Waals surface area (Å²) in [6, 6.07) is 1.23. The van der Waals surface area contributed by atoms with Crippen molar-refractivity contribution in [3.8, 4) is 6.07 Å². The summed E-state index contributed by atoms with van der Waals surface area (Å²) in [5.74, 6) is -1.69. The van der Waals surface area contributed by atoms with E-state index in [-0.39, 0.29) is 6.07 Å². The molecule has 0 spiro atoms. The highest BCUT2D eigenvalue weighted by Crippen LogP contribution is 3.02. The van der Waals surface area contributed by atoms with Gasteiger partial charge in [0, 0.05) is 12.3 Å². The van der Waals surface area contributed by atoms with Crippen molar-refractivity contribution in [2.45, 2.75) is 11.8 Å². The predicted octanol–water partition coefficient (Wildman–Crippen LogP) is 5.08. The maximum Gasteiger partial charge on any atom is 0.311 e. The van der Waals surface area contributed by atoms with Gasteiger partial charge in [-0.3, -0.25) is 4.99 Å². The molecular weight excluding hydrogens is 282 g/mol. The maximum absolute atomic E-state index is 13.2. The van der Waals surface area contributed by atoms with Crippen LogP contribution in [0, 0.1) is 17.1 Å². The number of rotatable bonds is 2. The van der Waals surface area contributed by atoms with Gasteiger partial charge >= 0.3 is 10.2 Å². The van der Waals surface area contributed by atoms with Crippen LogP contribution >= 0.6 is 10.2 Å². The van der Waals surface area contributed by atoms with Crippen molar-refractivity contribution in [1.82, 2.24) is 0 Å². The third-order valence-corrected chi connectivity index (χ3v) is 3.00. The summed E-state index contributed by atoms with van der Waals surface area (Å²) in [6.07, 6.45) is 1.01. The molecule has 1 rings (SSSR count). The van der Waals surface area contributed by atoms with E-state index in [1.54, 1.807) is 0 Å². The Labute approximate surface area is 98.3 Å². The van der Waals surface area contributed by atoms with Gasteiger partial charge in [0.15, 0.2) is 0 Å². The number of benzene rings is 1. The molecule has 9 heteroatoms. The van der Waals surface area contributed by atoms with E-state index in [0.717, 1.165) is 12.3 Å². The molecule has 0 heterocycles. The smallest absolute Gasteiger partial charge is 0.261 e. The van der Waals surface area contributed by atoms with E-state index in [2.05, 4.69) is 4.99 Å². The molecule has 0 aliphatic heterocycles. The minimum Gasteiger partial charge on any atom is -0.261 e. The third-order valence-electron chi connectivity index (χ3n) is 1.84. The summed E-state index contributed by atoms with van der Waals surface area (Å²) >= 11 is 0. The summed E-state index contributed by atoms with van der Waals surface area (Å²) in [6.45, 7) is 1.31. The fourth-order valence-electron chi connectivity index (χ4n) is 1.20. The summed E-state index contributed by atoms with van der Waals surface area (Å²) in [7, 11) is -10.1. The van der Waals surface area contributed by atoms with Gasteiger partial charge in [0.25, 0.3) is 0 Å². The molecule has 18 heavy (non-hydrogen) atoms. The van der Waals surface area contributed by atoms with E-state index in [0.29, 0.717) is 6.07 Å². The Morgan fingerprint density at radius 2 is 1.78 bits per heavy atom. The van der Waals surface area contributed by atoms with E-state index in [9.17, 15) is 23.8 Å². The average Bonchev–Trinajstić information content (AvgIpc) is 2.14. The fourth-order valence-corrected chi connectivity index (χ4v) is 2.08. The van der Waals surface area contributed by atoms with Crippen LogP contribution in [0.5, 0.6) is 0 Å². The lowest BCUT2D eigenvalue weighted by Gasteiger charge is -2.41. The van der Waals surface area contributed by atoms with Gasteiger partial charge in [0.2, 0.25) is 0 Å². The van der Waals surface area contributed by atoms with E-state index < -0.39 is 32.2 Å². The molecule has 0 bridgehead atoms.